The van der Waals surface area contributed by atoms with Gasteiger partial charge in [0.15, 0.2) is 11.6 Å². The van der Waals surface area contributed by atoms with Gasteiger partial charge < -0.3 is 14.6 Å². The molecule has 0 heterocycles. The van der Waals surface area contributed by atoms with E-state index in [4.69, 9.17) is 9.47 Å². The second-order valence-corrected chi connectivity index (χ2v) is 5.51. The molecule has 0 radical (unpaired) electrons. The van der Waals surface area contributed by atoms with Crippen LogP contribution in [0.4, 0.5) is 0 Å². The molecule has 1 aromatic rings. The third-order valence-corrected chi connectivity index (χ3v) is 3.74. The van der Waals surface area contributed by atoms with Crippen LogP contribution in [-0.2, 0) is 9.47 Å². The molecule has 0 bridgehead atoms. The molecule has 0 spiro atoms. The van der Waals surface area contributed by atoms with Crippen molar-refractivity contribution in [2.75, 3.05) is 13.2 Å². The third kappa shape index (κ3) is 4.30. The van der Waals surface area contributed by atoms with Crippen molar-refractivity contribution >= 4 is 5.78 Å². The highest BCUT2D eigenvalue weighted by Crippen LogP contribution is 2.32. The highest BCUT2D eigenvalue weighted by Gasteiger charge is 2.35. The molecule has 0 aliphatic heterocycles. The van der Waals surface area contributed by atoms with Crippen LogP contribution in [0, 0.1) is 0 Å². The summed E-state index contributed by atoms with van der Waals surface area (Å²) in [6.45, 7) is 4.98. The Balaban J connectivity index is 2.17. The van der Waals surface area contributed by atoms with Crippen LogP contribution < -0.4 is 0 Å². The average Bonchev–Trinajstić information content (AvgIpc) is 2.56. The zero-order chi connectivity index (χ0) is 16.7. The number of aliphatic hydroxyl groups excluding tert-OH is 1. The Morgan fingerprint density at radius 1 is 1.22 bits per heavy atom. The van der Waals surface area contributed by atoms with Gasteiger partial charge in [-0.1, -0.05) is 43.7 Å². The monoisotopic (exact) mass is 316 g/mol. The summed E-state index contributed by atoms with van der Waals surface area (Å²) in [6.07, 6.45) is 5.43. The number of carbonyl (C=O) groups is 1. The fourth-order valence-corrected chi connectivity index (χ4v) is 2.52. The molecule has 0 saturated carbocycles. The summed E-state index contributed by atoms with van der Waals surface area (Å²) in [6, 6.07) is 8.92. The summed E-state index contributed by atoms with van der Waals surface area (Å²) in [7, 11) is 0. The summed E-state index contributed by atoms with van der Waals surface area (Å²) in [5.74, 6) is -1.17. The zero-order valence-electron chi connectivity index (χ0n) is 13.7. The van der Waals surface area contributed by atoms with Crippen molar-refractivity contribution in [3.8, 4) is 0 Å². The number of ketones is 1. The Labute approximate surface area is 137 Å². The van der Waals surface area contributed by atoms with Crippen LogP contribution in [0.15, 0.2) is 53.8 Å². The minimum absolute atomic E-state index is 0.00583. The van der Waals surface area contributed by atoms with Crippen LogP contribution >= 0.6 is 0 Å². The Hall–Kier alpha value is -1.91. The molecule has 1 atom stereocenters. The van der Waals surface area contributed by atoms with Crippen LogP contribution in [0.3, 0.4) is 0 Å². The normalized spacial score (nSPS) is 20.8. The maximum atomic E-state index is 12.5. The summed E-state index contributed by atoms with van der Waals surface area (Å²) < 4.78 is 11.5. The quantitative estimate of drug-likeness (QED) is 0.444. The van der Waals surface area contributed by atoms with Gasteiger partial charge in [-0.15, -0.1) is 0 Å². The molecule has 0 saturated heterocycles. The van der Waals surface area contributed by atoms with E-state index in [1.807, 2.05) is 13.0 Å². The van der Waals surface area contributed by atoms with Gasteiger partial charge in [-0.3, -0.25) is 4.79 Å². The second-order valence-electron chi connectivity index (χ2n) is 5.51. The van der Waals surface area contributed by atoms with E-state index in [-0.39, 0.29) is 18.0 Å². The number of hydrogen-bond acceptors (Lipinski definition) is 4. The molecule has 1 unspecified atom stereocenters. The van der Waals surface area contributed by atoms with Crippen LogP contribution in [0.1, 0.15) is 43.5 Å². The van der Waals surface area contributed by atoms with E-state index < -0.39 is 5.79 Å². The molecular formula is C19H24O4. The van der Waals surface area contributed by atoms with E-state index in [0.29, 0.717) is 24.4 Å². The van der Waals surface area contributed by atoms with Gasteiger partial charge in [0.2, 0.25) is 0 Å². The number of benzene rings is 1. The van der Waals surface area contributed by atoms with Gasteiger partial charge in [-0.25, -0.2) is 0 Å². The first-order valence-electron chi connectivity index (χ1n) is 8.11. The number of Topliss-reactive ketones (excluding diaryl/α,β-unsaturated/α-hetero) is 1. The lowest BCUT2D eigenvalue weighted by Crippen LogP contribution is -2.37. The predicted molar refractivity (Wildman–Crippen MR) is 89.4 cm³/mol. The fraction of sp³-hybridized carbons (Fsp3) is 0.421. The molecule has 1 aromatic carbocycles. The number of allylic oxidation sites excluding steroid dienone is 2. The number of hydrogen-bond donors (Lipinski definition) is 1. The molecular weight excluding hydrogens is 292 g/mol. The molecule has 23 heavy (non-hydrogen) atoms. The molecule has 1 aliphatic rings. The topological polar surface area (TPSA) is 55.8 Å². The predicted octanol–water partition coefficient (Wildman–Crippen LogP) is 4.19. The van der Waals surface area contributed by atoms with Gasteiger partial charge in [0, 0.05) is 12.2 Å². The second kappa shape index (κ2) is 8.09. The molecule has 0 amide bonds. The Morgan fingerprint density at radius 2 is 1.96 bits per heavy atom. The average molecular weight is 316 g/mol. The lowest BCUT2D eigenvalue weighted by molar-refractivity contribution is -0.205. The third-order valence-electron chi connectivity index (χ3n) is 3.74. The van der Waals surface area contributed by atoms with Crippen molar-refractivity contribution in [3.05, 3.63) is 59.4 Å². The van der Waals surface area contributed by atoms with Crippen molar-refractivity contribution in [1.29, 1.82) is 0 Å². The van der Waals surface area contributed by atoms with Gasteiger partial charge in [0.25, 0.3) is 0 Å². The molecule has 2 rings (SSSR count). The minimum atomic E-state index is -0.978. The van der Waals surface area contributed by atoms with Gasteiger partial charge in [0.1, 0.15) is 5.76 Å². The van der Waals surface area contributed by atoms with E-state index in [1.54, 1.807) is 36.4 Å². The first-order chi connectivity index (χ1) is 11.1. The van der Waals surface area contributed by atoms with Crippen LogP contribution in [-0.4, -0.2) is 29.9 Å². The molecule has 0 aromatic heterocycles. The fourth-order valence-electron chi connectivity index (χ4n) is 2.52. The van der Waals surface area contributed by atoms with Crippen LogP contribution in [0.5, 0.6) is 0 Å². The van der Waals surface area contributed by atoms with E-state index >= 15 is 0 Å². The maximum Gasteiger partial charge on any atom is 0.196 e. The highest BCUT2D eigenvalue weighted by atomic mass is 16.7. The summed E-state index contributed by atoms with van der Waals surface area (Å²) in [5, 5.41) is 10.4. The Bertz CT molecular complexity index is 589. The van der Waals surface area contributed by atoms with Gasteiger partial charge >= 0.3 is 0 Å². The van der Waals surface area contributed by atoms with E-state index in [9.17, 15) is 9.90 Å². The lowest BCUT2D eigenvalue weighted by atomic mass is 9.94. The number of ether oxygens (including phenoxy) is 2. The van der Waals surface area contributed by atoms with Crippen LogP contribution in [0.2, 0.25) is 0 Å². The SMILES string of the molecule is CCCCOC1(OCC)C=CC(C(=O)c2ccccc2)=C(O)C1. The smallest absolute Gasteiger partial charge is 0.196 e. The summed E-state index contributed by atoms with van der Waals surface area (Å²) >= 11 is 0. The number of unbranched alkanes of at least 4 members (excludes halogenated alkanes) is 1. The Morgan fingerprint density at radius 3 is 2.57 bits per heavy atom. The molecule has 4 nitrogen and oxygen atoms in total. The zero-order valence-corrected chi connectivity index (χ0v) is 13.7. The van der Waals surface area contributed by atoms with E-state index in [1.165, 1.54) is 0 Å². The number of carbonyl (C=O) groups excluding carboxylic acids is 1. The lowest BCUT2D eigenvalue weighted by Gasteiger charge is -2.33. The van der Waals surface area contributed by atoms with E-state index in [2.05, 4.69) is 6.92 Å². The van der Waals surface area contributed by atoms with Crippen molar-refractivity contribution in [2.45, 2.75) is 38.9 Å². The maximum absolute atomic E-state index is 12.5. The summed E-state index contributed by atoms with van der Waals surface area (Å²) in [4.78, 5) is 12.5. The highest BCUT2D eigenvalue weighted by molar-refractivity contribution is 6.11. The molecule has 4 heteroatoms. The molecule has 0 fully saturated rings. The van der Waals surface area contributed by atoms with E-state index in [0.717, 1.165) is 12.8 Å². The van der Waals surface area contributed by atoms with Crippen molar-refractivity contribution < 1.29 is 19.4 Å². The van der Waals surface area contributed by atoms with Crippen molar-refractivity contribution in [1.82, 2.24) is 0 Å². The van der Waals surface area contributed by atoms with Gasteiger partial charge in [-0.2, -0.15) is 0 Å². The minimum Gasteiger partial charge on any atom is -0.511 e. The van der Waals surface area contributed by atoms with Crippen molar-refractivity contribution in [3.63, 3.8) is 0 Å². The standard InChI is InChI=1S/C19H24O4/c1-3-5-13-23-19(22-4-2)12-11-16(17(20)14-19)18(21)15-9-7-6-8-10-15/h6-12,20H,3-5,13-14H2,1-2H3. The van der Waals surface area contributed by atoms with Gasteiger partial charge in [-0.05, 0) is 25.5 Å². The summed E-state index contributed by atoms with van der Waals surface area (Å²) in [5.41, 5.74) is 0.847. The largest absolute Gasteiger partial charge is 0.511 e. The molecule has 124 valence electrons. The number of rotatable bonds is 8. The molecule has 1 N–H and O–H groups in total. The van der Waals surface area contributed by atoms with Crippen molar-refractivity contribution in [2.24, 2.45) is 0 Å². The van der Waals surface area contributed by atoms with Crippen LogP contribution in [0.25, 0.3) is 0 Å². The Kier molecular flexibility index (Phi) is 6.13. The first kappa shape index (κ1) is 17.4. The molecule has 1 aliphatic carbocycles. The number of aliphatic hydroxyl groups is 1. The van der Waals surface area contributed by atoms with Gasteiger partial charge in [0.05, 0.1) is 18.6 Å². The first-order valence-corrected chi connectivity index (χ1v) is 8.11.